The van der Waals surface area contributed by atoms with E-state index in [1.807, 2.05) is 0 Å². The summed E-state index contributed by atoms with van der Waals surface area (Å²) >= 11 is 6.25. The fourth-order valence-electron chi connectivity index (χ4n) is 2.40. The molecule has 0 saturated carbocycles. The van der Waals surface area contributed by atoms with E-state index in [4.69, 9.17) is 16.3 Å². The van der Waals surface area contributed by atoms with Gasteiger partial charge in [-0.15, -0.1) is 0 Å². The third kappa shape index (κ3) is 5.21. The average Bonchev–Trinajstić information content (AvgIpc) is 2.55. The first-order valence-corrected chi connectivity index (χ1v) is 10.6. The van der Waals surface area contributed by atoms with Crippen molar-refractivity contribution in [1.82, 2.24) is 9.97 Å². The highest BCUT2D eigenvalue weighted by atomic mass is 35.5. The van der Waals surface area contributed by atoms with Gasteiger partial charge in [-0.1, -0.05) is 23.7 Å². The normalized spacial score (nSPS) is 11.8. The molecule has 0 spiro atoms. The third-order valence-corrected chi connectivity index (χ3v) is 4.77. The van der Waals surface area contributed by atoms with E-state index < -0.39 is 38.4 Å². The van der Waals surface area contributed by atoms with E-state index in [2.05, 4.69) is 9.97 Å². The SMILES string of the molecule is Cc1nc(C(=O)O)nc(S(C)(=O)=O)c1N(C(=O)OC(C)(C)C)c1ccccc1Cl. The molecular weight excluding hydrogens is 422 g/mol. The molecule has 0 bridgehead atoms. The van der Waals surface area contributed by atoms with Crippen LogP contribution >= 0.6 is 11.6 Å². The number of benzene rings is 1. The Kier molecular flexibility index (Phi) is 6.19. The number of halogens is 1. The van der Waals surface area contributed by atoms with E-state index >= 15 is 0 Å². The average molecular weight is 442 g/mol. The van der Waals surface area contributed by atoms with Gasteiger partial charge >= 0.3 is 12.1 Å². The molecule has 1 N–H and O–H groups in total. The number of carboxylic acids is 1. The summed E-state index contributed by atoms with van der Waals surface area (Å²) in [6, 6.07) is 6.23. The summed E-state index contributed by atoms with van der Waals surface area (Å²) < 4.78 is 30.3. The molecule has 0 radical (unpaired) electrons. The fraction of sp³-hybridized carbons (Fsp3) is 0.333. The Bertz CT molecular complexity index is 1080. The number of sulfone groups is 1. The van der Waals surface area contributed by atoms with Crippen LogP contribution in [0.2, 0.25) is 5.02 Å². The molecule has 0 saturated heterocycles. The van der Waals surface area contributed by atoms with Crippen LogP contribution in [0.15, 0.2) is 29.3 Å². The molecule has 1 aromatic heterocycles. The van der Waals surface area contributed by atoms with Gasteiger partial charge < -0.3 is 9.84 Å². The highest BCUT2D eigenvalue weighted by Crippen LogP contribution is 2.37. The molecule has 1 heterocycles. The van der Waals surface area contributed by atoms with Gasteiger partial charge in [-0.2, -0.15) is 0 Å². The van der Waals surface area contributed by atoms with Crippen LogP contribution in [0.3, 0.4) is 0 Å². The van der Waals surface area contributed by atoms with Gasteiger partial charge in [0.05, 0.1) is 16.4 Å². The van der Waals surface area contributed by atoms with Gasteiger partial charge in [-0.25, -0.2) is 32.9 Å². The second-order valence-corrected chi connectivity index (χ2v) is 9.47. The molecular formula is C18H20ClN3O6S. The van der Waals surface area contributed by atoms with Gasteiger partial charge in [0.15, 0.2) is 14.9 Å². The zero-order valence-electron chi connectivity index (χ0n) is 16.4. The number of aromatic carboxylic acids is 1. The maximum absolute atomic E-state index is 13.0. The van der Waals surface area contributed by atoms with Gasteiger partial charge in [0.1, 0.15) is 11.3 Å². The van der Waals surface area contributed by atoms with Crippen molar-refractivity contribution in [2.75, 3.05) is 11.2 Å². The van der Waals surface area contributed by atoms with E-state index in [0.717, 1.165) is 11.2 Å². The number of hydrogen-bond acceptors (Lipinski definition) is 7. The predicted octanol–water partition coefficient (Wildman–Crippen LogP) is 3.61. The van der Waals surface area contributed by atoms with Crippen molar-refractivity contribution in [1.29, 1.82) is 0 Å². The standard InChI is InChI=1S/C18H20ClN3O6S/c1-10-13(15(29(5,26)27)21-14(20-10)16(23)24)22(17(25)28-18(2,3)4)12-9-7-6-8-11(12)19/h6-9H,1-5H3,(H,23,24). The summed E-state index contributed by atoms with van der Waals surface area (Å²) in [7, 11) is -4.06. The monoisotopic (exact) mass is 441 g/mol. The number of amides is 1. The van der Waals surface area contributed by atoms with Crippen LogP contribution in [0.5, 0.6) is 0 Å². The number of hydrogen-bond donors (Lipinski definition) is 1. The molecule has 0 unspecified atom stereocenters. The predicted molar refractivity (Wildman–Crippen MR) is 107 cm³/mol. The molecule has 1 aromatic carbocycles. The number of aryl methyl sites for hydroxylation is 1. The lowest BCUT2D eigenvalue weighted by molar-refractivity contribution is 0.0597. The Labute approximate surface area is 173 Å². The second-order valence-electron chi connectivity index (χ2n) is 7.13. The minimum atomic E-state index is -4.06. The smallest absolute Gasteiger partial charge is 0.419 e. The number of aromatic nitrogens is 2. The minimum Gasteiger partial charge on any atom is -0.475 e. The first-order valence-electron chi connectivity index (χ1n) is 8.32. The van der Waals surface area contributed by atoms with Crippen LogP contribution in [-0.4, -0.2) is 47.4 Å². The van der Waals surface area contributed by atoms with E-state index in [0.29, 0.717) is 0 Å². The number of rotatable bonds is 4. The Morgan fingerprint density at radius 1 is 1.17 bits per heavy atom. The van der Waals surface area contributed by atoms with Crippen LogP contribution in [0.25, 0.3) is 0 Å². The molecule has 0 atom stereocenters. The van der Waals surface area contributed by atoms with Gasteiger partial charge in [-0.05, 0) is 39.8 Å². The van der Waals surface area contributed by atoms with Gasteiger partial charge in [-0.3, -0.25) is 0 Å². The topological polar surface area (TPSA) is 127 Å². The van der Waals surface area contributed by atoms with E-state index in [9.17, 15) is 23.1 Å². The zero-order chi connectivity index (χ0) is 22.1. The molecule has 156 valence electrons. The molecule has 0 aliphatic rings. The summed E-state index contributed by atoms with van der Waals surface area (Å²) in [4.78, 5) is 32.8. The number of ether oxygens (including phenoxy) is 1. The summed E-state index contributed by atoms with van der Waals surface area (Å²) in [6.07, 6.45) is -0.0747. The van der Waals surface area contributed by atoms with Crippen molar-refractivity contribution in [2.24, 2.45) is 0 Å². The van der Waals surface area contributed by atoms with Crippen molar-refractivity contribution in [3.8, 4) is 0 Å². The number of nitrogens with zero attached hydrogens (tertiary/aromatic N) is 3. The molecule has 2 rings (SSSR count). The van der Waals surface area contributed by atoms with Gasteiger partial charge in [0.2, 0.25) is 5.82 Å². The molecule has 29 heavy (non-hydrogen) atoms. The summed E-state index contributed by atoms with van der Waals surface area (Å²) in [5.74, 6) is -2.22. The maximum Gasteiger partial charge on any atom is 0.419 e. The quantitative estimate of drug-likeness (QED) is 0.712. The van der Waals surface area contributed by atoms with Crippen molar-refractivity contribution in [3.63, 3.8) is 0 Å². The van der Waals surface area contributed by atoms with Gasteiger partial charge in [0, 0.05) is 6.26 Å². The van der Waals surface area contributed by atoms with Crippen LogP contribution in [-0.2, 0) is 14.6 Å². The second kappa shape index (κ2) is 7.96. The Morgan fingerprint density at radius 3 is 2.24 bits per heavy atom. The largest absolute Gasteiger partial charge is 0.475 e. The molecule has 0 aliphatic heterocycles. The van der Waals surface area contributed by atoms with Gasteiger partial charge in [0.25, 0.3) is 0 Å². The highest BCUT2D eigenvalue weighted by molar-refractivity contribution is 7.90. The molecule has 1 amide bonds. The zero-order valence-corrected chi connectivity index (χ0v) is 18.0. The number of anilines is 2. The van der Waals surface area contributed by atoms with Crippen molar-refractivity contribution >= 4 is 44.9 Å². The van der Waals surface area contributed by atoms with Crippen molar-refractivity contribution in [2.45, 2.75) is 38.3 Å². The lowest BCUT2D eigenvalue weighted by Crippen LogP contribution is -2.35. The van der Waals surface area contributed by atoms with E-state index in [1.165, 1.54) is 19.1 Å². The Balaban J connectivity index is 2.89. The van der Waals surface area contributed by atoms with Crippen LogP contribution < -0.4 is 4.90 Å². The van der Waals surface area contributed by atoms with E-state index in [-0.39, 0.29) is 22.1 Å². The highest BCUT2D eigenvalue weighted by Gasteiger charge is 2.34. The summed E-state index contributed by atoms with van der Waals surface area (Å²) in [5, 5.41) is 8.71. The fourth-order valence-corrected chi connectivity index (χ4v) is 3.47. The lowest BCUT2D eigenvalue weighted by atomic mass is 10.2. The molecule has 0 fully saturated rings. The van der Waals surface area contributed by atoms with Crippen LogP contribution in [0.4, 0.5) is 16.2 Å². The molecule has 9 nitrogen and oxygen atoms in total. The minimum absolute atomic E-state index is 0.0522. The number of carbonyl (C=O) groups is 2. The number of carboxylic acid groups (broad SMARTS) is 1. The third-order valence-electron chi connectivity index (χ3n) is 3.46. The van der Waals surface area contributed by atoms with Crippen LogP contribution in [0.1, 0.15) is 37.1 Å². The maximum atomic E-state index is 13.0. The number of carbonyl (C=O) groups excluding carboxylic acids is 1. The Hall–Kier alpha value is -2.72. The number of para-hydroxylation sites is 1. The van der Waals surface area contributed by atoms with Crippen molar-refractivity contribution in [3.05, 3.63) is 40.8 Å². The molecule has 11 heteroatoms. The molecule has 2 aromatic rings. The first-order chi connectivity index (χ1) is 13.2. The summed E-state index contributed by atoms with van der Waals surface area (Å²) in [6.45, 7) is 6.30. The lowest BCUT2D eigenvalue weighted by Gasteiger charge is -2.29. The first kappa shape index (κ1) is 22.6. The Morgan fingerprint density at radius 2 is 1.76 bits per heavy atom. The van der Waals surface area contributed by atoms with E-state index in [1.54, 1.807) is 32.9 Å². The van der Waals surface area contributed by atoms with Crippen LogP contribution in [0, 0.1) is 6.92 Å². The molecule has 0 aliphatic carbocycles. The summed E-state index contributed by atoms with van der Waals surface area (Å²) in [5.41, 5.74) is -1.07. The van der Waals surface area contributed by atoms with Crippen molar-refractivity contribution < 1.29 is 27.9 Å².